The maximum Gasteiger partial charge on any atom is 0.254 e. The minimum absolute atomic E-state index is 0.396. The van der Waals surface area contributed by atoms with Gasteiger partial charge in [-0.05, 0) is 61.8 Å². The van der Waals surface area contributed by atoms with Crippen molar-refractivity contribution in [3.8, 4) is 0 Å². The van der Waals surface area contributed by atoms with Gasteiger partial charge in [-0.25, -0.2) is 0 Å². The van der Waals surface area contributed by atoms with Crippen molar-refractivity contribution in [2.24, 2.45) is 5.73 Å². The third kappa shape index (κ3) is 5.49. The van der Waals surface area contributed by atoms with Crippen LogP contribution in [0.5, 0.6) is 0 Å². The highest BCUT2D eigenvalue weighted by Crippen LogP contribution is 2.43. The first kappa shape index (κ1) is 24.4. The average Bonchev–Trinajstić information content (AvgIpc) is 3.07. The number of nitrogens with zero attached hydrogens (tertiary/aromatic N) is 2. The zero-order chi connectivity index (χ0) is 24.2. The molecule has 7 heteroatoms. The molecule has 2 bridgehead atoms. The molecular weight excluding hydrogens is 430 g/mol. The number of hydrogen-bond donors (Lipinski definition) is 3. The van der Waals surface area contributed by atoms with Crippen LogP contribution in [-0.2, 0) is 11.3 Å². The van der Waals surface area contributed by atoms with Crippen molar-refractivity contribution in [2.45, 2.75) is 69.4 Å². The van der Waals surface area contributed by atoms with Gasteiger partial charge >= 0.3 is 0 Å². The van der Waals surface area contributed by atoms with Crippen LogP contribution in [0.4, 0.5) is 0 Å². The third-order valence-corrected chi connectivity index (χ3v) is 7.39. The number of carbonyl (C=O) groups is 2. The Balaban J connectivity index is 1.43. The lowest BCUT2D eigenvalue weighted by molar-refractivity contribution is -0.146. The topological polar surface area (TPSA) is 107 Å². The molecule has 182 valence electrons. The van der Waals surface area contributed by atoms with Gasteiger partial charge in [0.1, 0.15) is 0 Å². The highest BCUT2D eigenvalue weighted by molar-refractivity contribution is 5.92. The van der Waals surface area contributed by atoms with Crippen LogP contribution in [0.2, 0.25) is 0 Å². The summed E-state index contributed by atoms with van der Waals surface area (Å²) in [6.07, 6.45) is 1.74. The predicted molar refractivity (Wildman–Crippen MR) is 130 cm³/mol. The fourth-order valence-electron chi connectivity index (χ4n) is 5.56. The van der Waals surface area contributed by atoms with Gasteiger partial charge in [0.25, 0.3) is 5.91 Å². The number of carbonyl (C=O) groups excluding carboxylic acids is 2. The van der Waals surface area contributed by atoms with Crippen molar-refractivity contribution in [1.82, 2.24) is 9.80 Å². The Morgan fingerprint density at radius 1 is 1.06 bits per heavy atom. The van der Waals surface area contributed by atoms with E-state index in [9.17, 15) is 19.8 Å². The molecule has 0 aromatic heterocycles. The Kier molecular flexibility index (Phi) is 7.66. The molecule has 2 saturated heterocycles. The second kappa shape index (κ2) is 10.7. The van der Waals surface area contributed by atoms with Crippen LogP contribution in [0.25, 0.3) is 0 Å². The Morgan fingerprint density at radius 3 is 2.35 bits per heavy atom. The van der Waals surface area contributed by atoms with Gasteiger partial charge in [0.05, 0.1) is 6.10 Å². The lowest BCUT2D eigenvalue weighted by Crippen LogP contribution is -2.49. The number of fused-ring (bicyclic) bond motifs is 2. The number of aliphatic hydroxyl groups excluding tert-OH is 2. The SMILES string of the molecule is CC(O)C(O)C(=O)N(CCN1[C@@H]2CC[C@H]1CC(c1cccc(C(N)=O)c1)C2)Cc1ccccc1. The van der Waals surface area contributed by atoms with Crippen molar-refractivity contribution < 1.29 is 19.8 Å². The van der Waals surface area contributed by atoms with Crippen LogP contribution in [0.1, 0.15) is 60.0 Å². The molecule has 0 radical (unpaired) electrons. The molecule has 4 N–H and O–H groups in total. The van der Waals surface area contributed by atoms with Crippen LogP contribution in [0.3, 0.4) is 0 Å². The maximum atomic E-state index is 12.9. The molecule has 2 aromatic carbocycles. The molecule has 4 rings (SSSR count). The van der Waals surface area contributed by atoms with Gasteiger partial charge in [0, 0.05) is 37.3 Å². The van der Waals surface area contributed by atoms with E-state index in [1.807, 2.05) is 42.5 Å². The molecule has 2 aliphatic rings. The molecule has 0 spiro atoms. The Hall–Kier alpha value is -2.74. The highest BCUT2D eigenvalue weighted by Gasteiger charge is 2.41. The van der Waals surface area contributed by atoms with Crippen molar-refractivity contribution in [2.75, 3.05) is 13.1 Å². The second-order valence-electron chi connectivity index (χ2n) is 9.71. The maximum absolute atomic E-state index is 12.9. The number of amides is 2. The summed E-state index contributed by atoms with van der Waals surface area (Å²) in [5, 5.41) is 20.0. The summed E-state index contributed by atoms with van der Waals surface area (Å²) in [4.78, 5) is 28.7. The van der Waals surface area contributed by atoms with Crippen molar-refractivity contribution in [1.29, 1.82) is 0 Å². The zero-order valence-electron chi connectivity index (χ0n) is 19.7. The smallest absolute Gasteiger partial charge is 0.254 e. The molecule has 5 atom stereocenters. The lowest BCUT2D eigenvalue weighted by Gasteiger charge is -2.40. The summed E-state index contributed by atoms with van der Waals surface area (Å²) in [5.41, 5.74) is 8.20. The van der Waals surface area contributed by atoms with Crippen molar-refractivity contribution in [3.63, 3.8) is 0 Å². The first-order valence-electron chi connectivity index (χ1n) is 12.2. The van der Waals surface area contributed by atoms with Gasteiger partial charge in [-0.3, -0.25) is 14.5 Å². The summed E-state index contributed by atoms with van der Waals surface area (Å²) in [6, 6.07) is 18.3. The first-order valence-corrected chi connectivity index (χ1v) is 12.2. The van der Waals surface area contributed by atoms with Gasteiger partial charge in [-0.2, -0.15) is 0 Å². The number of piperidine rings is 1. The molecule has 2 aliphatic heterocycles. The molecule has 2 aromatic rings. The number of rotatable bonds is 9. The van der Waals surface area contributed by atoms with E-state index in [1.54, 1.807) is 11.0 Å². The summed E-state index contributed by atoms with van der Waals surface area (Å²) in [5.74, 6) is -0.443. The molecule has 0 saturated carbocycles. The molecule has 3 unspecified atom stereocenters. The van der Waals surface area contributed by atoms with E-state index in [0.717, 1.165) is 37.8 Å². The molecule has 2 fully saturated rings. The monoisotopic (exact) mass is 465 g/mol. The van der Waals surface area contributed by atoms with Gasteiger partial charge in [0.15, 0.2) is 6.10 Å². The van der Waals surface area contributed by atoms with Crippen LogP contribution < -0.4 is 5.73 Å². The number of hydrogen-bond acceptors (Lipinski definition) is 5. The normalized spacial score (nSPS) is 23.9. The van der Waals surface area contributed by atoms with Gasteiger partial charge in [-0.1, -0.05) is 42.5 Å². The van der Waals surface area contributed by atoms with E-state index in [4.69, 9.17) is 5.73 Å². The van der Waals surface area contributed by atoms with E-state index in [0.29, 0.717) is 36.7 Å². The van der Waals surface area contributed by atoms with E-state index >= 15 is 0 Å². The fraction of sp³-hybridized carbons (Fsp3) is 0.481. The minimum Gasteiger partial charge on any atom is -0.390 e. The fourth-order valence-corrected chi connectivity index (χ4v) is 5.56. The average molecular weight is 466 g/mol. The summed E-state index contributed by atoms with van der Waals surface area (Å²) in [7, 11) is 0. The van der Waals surface area contributed by atoms with E-state index in [-0.39, 0.29) is 0 Å². The number of aliphatic hydroxyl groups is 2. The summed E-state index contributed by atoms with van der Waals surface area (Å²) in [6.45, 7) is 3.05. The molecular formula is C27H35N3O4. The highest BCUT2D eigenvalue weighted by atomic mass is 16.3. The molecule has 34 heavy (non-hydrogen) atoms. The standard InChI is InChI=1S/C27H35N3O4/c1-18(31)25(32)27(34)29(17-19-6-3-2-4-7-19)12-13-30-23-10-11-24(30)16-22(15-23)20-8-5-9-21(14-20)26(28)33/h2-9,14,18,22-25,31-32H,10-13,15-17H2,1H3,(H2,28,33)/t18?,22?,23-,24+,25?. The van der Waals surface area contributed by atoms with E-state index in [1.165, 1.54) is 12.5 Å². The predicted octanol–water partition coefficient (Wildman–Crippen LogP) is 2.27. The quantitative estimate of drug-likeness (QED) is 0.527. The molecule has 0 aliphatic carbocycles. The van der Waals surface area contributed by atoms with Gasteiger partial charge in [-0.15, -0.1) is 0 Å². The van der Waals surface area contributed by atoms with Crippen molar-refractivity contribution >= 4 is 11.8 Å². The van der Waals surface area contributed by atoms with E-state index < -0.39 is 24.0 Å². The molecule has 2 heterocycles. The van der Waals surface area contributed by atoms with Crippen molar-refractivity contribution in [3.05, 3.63) is 71.3 Å². The minimum atomic E-state index is -1.43. The molecule has 7 nitrogen and oxygen atoms in total. The Morgan fingerprint density at radius 2 is 1.74 bits per heavy atom. The summed E-state index contributed by atoms with van der Waals surface area (Å²) >= 11 is 0. The third-order valence-electron chi connectivity index (χ3n) is 7.39. The lowest BCUT2D eigenvalue weighted by atomic mass is 9.84. The van der Waals surface area contributed by atoms with Crippen LogP contribution >= 0.6 is 0 Å². The Labute approximate surface area is 201 Å². The number of nitrogens with two attached hydrogens (primary N) is 1. The van der Waals surface area contributed by atoms with Crippen LogP contribution in [0, 0.1) is 0 Å². The second-order valence-corrected chi connectivity index (χ2v) is 9.71. The van der Waals surface area contributed by atoms with Crippen LogP contribution in [0.15, 0.2) is 54.6 Å². The first-order chi connectivity index (χ1) is 16.3. The largest absolute Gasteiger partial charge is 0.390 e. The number of primary amides is 1. The van der Waals surface area contributed by atoms with Crippen LogP contribution in [-0.4, -0.2) is 69.2 Å². The van der Waals surface area contributed by atoms with Gasteiger partial charge < -0.3 is 20.8 Å². The van der Waals surface area contributed by atoms with Gasteiger partial charge in [0.2, 0.25) is 5.91 Å². The Bertz CT molecular complexity index is 982. The summed E-state index contributed by atoms with van der Waals surface area (Å²) < 4.78 is 0. The number of benzene rings is 2. The van der Waals surface area contributed by atoms with E-state index in [2.05, 4.69) is 11.0 Å². The zero-order valence-corrected chi connectivity index (χ0v) is 19.7. The molecule has 2 amide bonds.